The Bertz CT molecular complexity index is 3670. The van der Waals surface area contributed by atoms with Gasteiger partial charge in [-0.05, 0) is 171 Å². The second-order valence-electron chi connectivity index (χ2n) is 28.4. The molecule has 0 saturated carbocycles. The fourth-order valence-electron chi connectivity index (χ4n) is 13.2. The second kappa shape index (κ2) is 17.5. The van der Waals surface area contributed by atoms with Crippen LogP contribution in [0, 0.1) is 0 Å². The zero-order valence-corrected chi connectivity index (χ0v) is 49.3. The summed E-state index contributed by atoms with van der Waals surface area (Å²) in [6.45, 7) is 35.7. The molecule has 0 bridgehead atoms. The summed E-state index contributed by atoms with van der Waals surface area (Å²) in [6.07, 6.45) is 0. The third kappa shape index (κ3) is 8.23. The molecule has 5 heteroatoms. The van der Waals surface area contributed by atoms with Crippen LogP contribution in [-0.4, -0.2) is 13.4 Å². The summed E-state index contributed by atoms with van der Waals surface area (Å²) in [4.78, 5) is 8.02. The fourth-order valence-corrected chi connectivity index (χ4v) is 13.2. The molecule has 4 aliphatic heterocycles. The normalized spacial score (nSPS) is 14.4. The highest BCUT2D eigenvalue weighted by Gasteiger charge is 2.52. The van der Waals surface area contributed by atoms with Crippen LogP contribution in [0.4, 0.5) is 51.2 Å². The van der Waals surface area contributed by atoms with Gasteiger partial charge in [0, 0.05) is 51.2 Å². The topological polar surface area (TPSA) is 9.72 Å². The van der Waals surface area contributed by atoms with E-state index in [1.165, 1.54) is 134 Å². The Labute approximate surface area is 472 Å². The Hall–Kier alpha value is -7.49. The maximum absolute atomic E-state index is 2.77. The average molecular weight is 1030 g/mol. The van der Waals surface area contributed by atoms with E-state index in [0.717, 1.165) is 0 Å². The van der Waals surface area contributed by atoms with Gasteiger partial charge in [-0.25, -0.2) is 0 Å². The first-order valence-electron chi connectivity index (χ1n) is 28.9. The van der Waals surface area contributed by atoms with Crippen LogP contribution in [-0.2, 0) is 27.1 Å². The Balaban J connectivity index is 1.15. The number of rotatable bonds is 4. The molecular weight excluding hydrogens is 952 g/mol. The highest BCUT2D eigenvalue weighted by atomic mass is 15.2. The van der Waals surface area contributed by atoms with Crippen LogP contribution in [0.5, 0.6) is 0 Å². The number of anilines is 9. The number of benzene rings is 9. The monoisotopic (exact) mass is 1030 g/mol. The van der Waals surface area contributed by atoms with Crippen molar-refractivity contribution < 1.29 is 0 Å². The van der Waals surface area contributed by atoms with Crippen LogP contribution in [0.15, 0.2) is 182 Å². The fraction of sp³-hybridized carbons (Fsp3) is 0.270. The maximum atomic E-state index is 2.77. The summed E-state index contributed by atoms with van der Waals surface area (Å²) in [5, 5.41) is 0. The van der Waals surface area contributed by atoms with E-state index in [9.17, 15) is 0 Å². The molecule has 0 amide bonds. The molecule has 13 rings (SSSR count). The first kappa shape index (κ1) is 51.0. The highest BCUT2D eigenvalue weighted by molar-refractivity contribution is 7.04. The lowest BCUT2D eigenvalue weighted by atomic mass is 9.28. The van der Waals surface area contributed by atoms with Crippen molar-refractivity contribution in [2.24, 2.45) is 0 Å². The molecule has 0 aliphatic carbocycles. The van der Waals surface area contributed by atoms with E-state index in [1.807, 2.05) is 0 Å². The Morgan fingerprint density at radius 3 is 0.873 bits per heavy atom. The highest BCUT2D eigenvalue weighted by Crippen LogP contribution is 2.51. The van der Waals surface area contributed by atoms with Gasteiger partial charge >= 0.3 is 0 Å². The molecule has 392 valence electrons. The van der Waals surface area contributed by atoms with Crippen molar-refractivity contribution in [2.75, 3.05) is 14.7 Å². The SMILES string of the molecule is CC(C)(C)c1cc2c3c(c1)B1c4ccc(C(C)(C)C)cc4N(c4ccc(-c5ccccc5)cc4)c4cc(C(C)(C)C)cc(c41)N3c1cc(C(C)(C)C)cc3c1B2c1ccc(C(C)(C)C)cc1N3c1ccc(-c2ccccc2)cc1. The lowest BCUT2D eigenvalue weighted by Crippen LogP contribution is -2.68. The van der Waals surface area contributed by atoms with Crippen molar-refractivity contribution in [1.82, 2.24) is 0 Å². The quantitative estimate of drug-likeness (QED) is 0.163. The standard InChI is InChI=1S/C74H75B2N3/c1-70(2,3)50-30-36-57-61(40-50)77(55-32-26-48(27-33-55)46-22-18-16-19-23-46)63-42-53(73(10,11)12)44-65-67(63)75(57)59-38-52(72(7,8)9)39-60-69(59)79(65)66-45-54(74(13,14)15)43-64-68(66)76(60)58-37-31-51(71(4,5)6)41-62(58)78(64)56-34-28-49(29-35-56)47-24-20-17-21-25-47/h16-45H,1-15H3. The van der Waals surface area contributed by atoms with E-state index in [1.54, 1.807) is 0 Å². The van der Waals surface area contributed by atoms with E-state index in [2.05, 4.69) is 301 Å². The predicted octanol–water partition coefficient (Wildman–Crippen LogP) is 16.2. The zero-order chi connectivity index (χ0) is 55.5. The predicted molar refractivity (Wildman–Crippen MR) is 344 cm³/mol. The molecule has 4 aliphatic rings. The minimum absolute atomic E-state index is 0.0204. The van der Waals surface area contributed by atoms with E-state index in [-0.39, 0.29) is 40.5 Å². The summed E-state index contributed by atoms with van der Waals surface area (Å²) < 4.78 is 0. The van der Waals surface area contributed by atoms with Gasteiger partial charge in [0.25, 0.3) is 13.4 Å². The molecule has 4 heterocycles. The summed E-state index contributed by atoms with van der Waals surface area (Å²) in [6, 6.07) is 70.8. The molecule has 0 radical (unpaired) electrons. The first-order chi connectivity index (χ1) is 37.3. The molecule has 0 spiro atoms. The summed E-state index contributed by atoms with van der Waals surface area (Å²) >= 11 is 0. The van der Waals surface area contributed by atoms with Crippen molar-refractivity contribution in [3.05, 3.63) is 210 Å². The molecule has 9 aromatic rings. The number of fused-ring (bicyclic) bond motifs is 8. The van der Waals surface area contributed by atoms with Crippen molar-refractivity contribution in [3.8, 4) is 22.3 Å². The van der Waals surface area contributed by atoms with E-state index in [0.29, 0.717) is 0 Å². The van der Waals surface area contributed by atoms with Crippen LogP contribution in [0.3, 0.4) is 0 Å². The van der Waals surface area contributed by atoms with Gasteiger partial charge in [-0.1, -0.05) is 225 Å². The largest absolute Gasteiger partial charge is 0.312 e. The number of hydrogen-bond donors (Lipinski definition) is 0. The second-order valence-corrected chi connectivity index (χ2v) is 28.4. The maximum Gasteiger partial charge on any atom is 0.252 e. The van der Waals surface area contributed by atoms with Crippen molar-refractivity contribution >= 4 is 97.4 Å². The molecule has 0 saturated heterocycles. The minimum atomic E-state index is -0.159. The van der Waals surface area contributed by atoms with Gasteiger partial charge in [-0.15, -0.1) is 0 Å². The van der Waals surface area contributed by atoms with Crippen molar-refractivity contribution in [1.29, 1.82) is 0 Å². The molecule has 0 N–H and O–H groups in total. The minimum Gasteiger partial charge on any atom is -0.312 e. The van der Waals surface area contributed by atoms with Gasteiger partial charge in [-0.2, -0.15) is 0 Å². The van der Waals surface area contributed by atoms with E-state index in [4.69, 9.17) is 0 Å². The van der Waals surface area contributed by atoms with E-state index < -0.39 is 0 Å². The van der Waals surface area contributed by atoms with Gasteiger partial charge in [0.1, 0.15) is 0 Å². The van der Waals surface area contributed by atoms with Crippen LogP contribution >= 0.6 is 0 Å². The van der Waals surface area contributed by atoms with Gasteiger partial charge < -0.3 is 14.7 Å². The lowest BCUT2D eigenvalue weighted by molar-refractivity contribution is 0.589. The third-order valence-electron chi connectivity index (χ3n) is 17.8. The Kier molecular flexibility index (Phi) is 11.3. The third-order valence-corrected chi connectivity index (χ3v) is 17.8. The molecule has 3 nitrogen and oxygen atoms in total. The molecule has 0 unspecified atom stereocenters. The molecule has 0 fully saturated rings. The van der Waals surface area contributed by atoms with Crippen LogP contribution < -0.4 is 47.5 Å². The average Bonchev–Trinajstić information content (AvgIpc) is 2.20. The Morgan fingerprint density at radius 2 is 0.544 bits per heavy atom. The van der Waals surface area contributed by atoms with Crippen LogP contribution in [0.2, 0.25) is 0 Å². The van der Waals surface area contributed by atoms with Crippen LogP contribution in [0.25, 0.3) is 22.3 Å². The van der Waals surface area contributed by atoms with Gasteiger partial charge in [0.05, 0.1) is 0 Å². The first-order valence-corrected chi connectivity index (χ1v) is 28.9. The van der Waals surface area contributed by atoms with Gasteiger partial charge in [-0.3, -0.25) is 0 Å². The molecule has 9 aromatic carbocycles. The molecule has 0 aromatic heterocycles. The van der Waals surface area contributed by atoms with Crippen molar-refractivity contribution in [3.63, 3.8) is 0 Å². The Morgan fingerprint density at radius 1 is 0.253 bits per heavy atom. The molecular formula is C74H75B2N3. The molecule has 0 atom stereocenters. The summed E-state index contributed by atoms with van der Waals surface area (Å²) in [5.74, 6) is 0. The number of hydrogen-bond acceptors (Lipinski definition) is 3. The smallest absolute Gasteiger partial charge is 0.252 e. The molecule has 79 heavy (non-hydrogen) atoms. The van der Waals surface area contributed by atoms with Gasteiger partial charge in [0.15, 0.2) is 0 Å². The lowest BCUT2D eigenvalue weighted by Gasteiger charge is -2.51. The number of nitrogens with zero attached hydrogens (tertiary/aromatic N) is 3. The van der Waals surface area contributed by atoms with Crippen molar-refractivity contribution in [2.45, 2.75) is 131 Å². The summed E-state index contributed by atoms with van der Waals surface area (Å²) in [5.41, 5.74) is 30.5. The summed E-state index contributed by atoms with van der Waals surface area (Å²) in [7, 11) is 0. The zero-order valence-electron chi connectivity index (χ0n) is 49.3. The van der Waals surface area contributed by atoms with E-state index >= 15 is 0 Å². The van der Waals surface area contributed by atoms with Gasteiger partial charge in [0.2, 0.25) is 0 Å². The van der Waals surface area contributed by atoms with Crippen LogP contribution in [0.1, 0.15) is 132 Å².